The van der Waals surface area contributed by atoms with Crippen molar-refractivity contribution in [3.8, 4) is 5.75 Å². The molecule has 8 nitrogen and oxygen atoms in total. The molecule has 3 atom stereocenters. The number of hydrogen-bond acceptors (Lipinski definition) is 6. The van der Waals surface area contributed by atoms with Crippen LogP contribution in [0.15, 0.2) is 53.4 Å². The molecule has 3 rings (SSSR count). The summed E-state index contributed by atoms with van der Waals surface area (Å²) in [6.07, 6.45) is 3.88. The minimum absolute atomic E-state index is 0.111. The number of benzene rings is 2. The molecule has 0 aromatic heterocycles. The number of aliphatic hydroxyl groups is 1. The van der Waals surface area contributed by atoms with Crippen LogP contribution in [0.5, 0.6) is 5.75 Å². The summed E-state index contributed by atoms with van der Waals surface area (Å²) in [7, 11) is -1.58. The largest absolute Gasteiger partial charge is 0.482 e. The maximum atomic E-state index is 13.2. The van der Waals surface area contributed by atoms with E-state index in [2.05, 4.69) is 0 Å². The summed E-state index contributed by atoms with van der Waals surface area (Å²) in [6.45, 7) is -0.457. The summed E-state index contributed by atoms with van der Waals surface area (Å²) in [6, 6.07) is 13.1. The van der Waals surface area contributed by atoms with E-state index in [1.807, 2.05) is 6.07 Å². The molecule has 9 heteroatoms. The third-order valence-electron chi connectivity index (χ3n) is 6.24. The van der Waals surface area contributed by atoms with Crippen LogP contribution in [0.3, 0.4) is 0 Å². The van der Waals surface area contributed by atoms with Gasteiger partial charge in [0.25, 0.3) is 0 Å². The maximum Gasteiger partial charge on any atom is 0.341 e. The average molecular weight is 490 g/mol. The standard InChI is InChI=1S/C25H31NO7S/c1-26(24(28)14-17-7-10-22(11-8-17)34(2,31)32)23(13-18-6-9-20(27)12-18)19-4-3-5-21(15-19)33-16-25(29)30/h3-5,7-8,10-11,15,18,20,23,27H,6,9,12-14,16H2,1-2H3,(H,29,30)/t18?,20-,23-/m0/s1. The van der Waals surface area contributed by atoms with E-state index < -0.39 is 22.4 Å². The second kappa shape index (κ2) is 11.0. The number of carbonyl (C=O) groups excluding carboxylic acids is 1. The van der Waals surface area contributed by atoms with Gasteiger partial charge in [-0.2, -0.15) is 0 Å². The van der Waals surface area contributed by atoms with Crippen molar-refractivity contribution in [1.29, 1.82) is 0 Å². The summed E-state index contributed by atoms with van der Waals surface area (Å²) in [4.78, 5) is 25.9. The van der Waals surface area contributed by atoms with E-state index in [1.54, 1.807) is 42.3 Å². The fourth-order valence-corrected chi connectivity index (χ4v) is 5.01. The van der Waals surface area contributed by atoms with Crippen LogP contribution in [0.2, 0.25) is 0 Å². The molecule has 2 aromatic rings. The average Bonchev–Trinajstić information content (AvgIpc) is 3.20. The first-order valence-corrected chi connectivity index (χ1v) is 13.1. The monoisotopic (exact) mass is 489 g/mol. The Morgan fingerprint density at radius 2 is 1.85 bits per heavy atom. The van der Waals surface area contributed by atoms with Gasteiger partial charge in [0, 0.05) is 13.3 Å². The highest BCUT2D eigenvalue weighted by Crippen LogP contribution is 2.37. The number of aliphatic hydroxyl groups excluding tert-OH is 1. The number of aliphatic carboxylic acids is 1. The molecule has 34 heavy (non-hydrogen) atoms. The molecule has 1 saturated carbocycles. The molecule has 1 aliphatic rings. The van der Waals surface area contributed by atoms with Crippen LogP contribution in [0.1, 0.15) is 42.9 Å². The molecular weight excluding hydrogens is 458 g/mol. The van der Waals surface area contributed by atoms with Crippen LogP contribution < -0.4 is 4.74 Å². The molecule has 0 saturated heterocycles. The third-order valence-corrected chi connectivity index (χ3v) is 7.37. The summed E-state index contributed by atoms with van der Waals surface area (Å²) < 4.78 is 28.7. The van der Waals surface area contributed by atoms with Gasteiger partial charge in [0.05, 0.1) is 23.5 Å². The highest BCUT2D eigenvalue weighted by atomic mass is 32.2. The molecule has 0 radical (unpaired) electrons. The normalized spacial score (nSPS) is 18.9. The van der Waals surface area contributed by atoms with Gasteiger partial charge in [-0.25, -0.2) is 13.2 Å². The van der Waals surface area contributed by atoms with Crippen LogP contribution in [0.4, 0.5) is 0 Å². The van der Waals surface area contributed by atoms with E-state index in [9.17, 15) is 23.1 Å². The number of hydrogen-bond donors (Lipinski definition) is 2. The molecule has 0 bridgehead atoms. The predicted octanol–water partition coefficient (Wildman–Crippen LogP) is 2.85. The summed E-state index contributed by atoms with van der Waals surface area (Å²) in [5.41, 5.74) is 1.53. The van der Waals surface area contributed by atoms with Crippen molar-refractivity contribution in [3.05, 3.63) is 59.7 Å². The van der Waals surface area contributed by atoms with Crippen molar-refractivity contribution in [2.45, 2.75) is 49.1 Å². The van der Waals surface area contributed by atoms with Gasteiger partial charge < -0.3 is 19.8 Å². The third kappa shape index (κ3) is 7.04. The van der Waals surface area contributed by atoms with Gasteiger partial charge in [-0.15, -0.1) is 0 Å². The van der Waals surface area contributed by atoms with E-state index in [0.29, 0.717) is 24.2 Å². The molecule has 0 aliphatic heterocycles. The van der Waals surface area contributed by atoms with Gasteiger partial charge in [0.2, 0.25) is 5.91 Å². The fraction of sp³-hybridized carbons (Fsp3) is 0.440. The number of carboxylic acids is 1. The number of rotatable bonds is 10. The van der Waals surface area contributed by atoms with Crippen molar-refractivity contribution in [2.75, 3.05) is 19.9 Å². The number of carbonyl (C=O) groups is 2. The molecule has 2 N–H and O–H groups in total. The number of nitrogens with zero attached hydrogens (tertiary/aromatic N) is 1. The molecule has 1 aliphatic carbocycles. The van der Waals surface area contributed by atoms with Gasteiger partial charge in [-0.3, -0.25) is 4.79 Å². The van der Waals surface area contributed by atoms with Crippen molar-refractivity contribution >= 4 is 21.7 Å². The van der Waals surface area contributed by atoms with Gasteiger partial charge in [-0.1, -0.05) is 24.3 Å². The highest BCUT2D eigenvalue weighted by molar-refractivity contribution is 7.90. The smallest absolute Gasteiger partial charge is 0.341 e. The first kappa shape index (κ1) is 25.7. The minimum Gasteiger partial charge on any atom is -0.482 e. The first-order chi connectivity index (χ1) is 16.0. The summed E-state index contributed by atoms with van der Waals surface area (Å²) in [5, 5.41) is 18.9. The van der Waals surface area contributed by atoms with Gasteiger partial charge >= 0.3 is 5.97 Å². The van der Waals surface area contributed by atoms with Gasteiger partial charge in [0.15, 0.2) is 16.4 Å². The Bertz CT molecular complexity index is 1110. The second-order valence-electron chi connectivity index (χ2n) is 8.94. The summed E-state index contributed by atoms with van der Waals surface area (Å²) in [5.74, 6) is -0.537. The van der Waals surface area contributed by atoms with E-state index in [-0.39, 0.29) is 35.3 Å². The zero-order valence-corrected chi connectivity index (χ0v) is 20.2. The molecule has 1 unspecified atom stereocenters. The lowest BCUT2D eigenvalue weighted by Gasteiger charge is -2.31. The second-order valence-corrected chi connectivity index (χ2v) is 11.0. The molecule has 0 spiro atoms. The zero-order chi connectivity index (χ0) is 24.9. The highest BCUT2D eigenvalue weighted by Gasteiger charge is 2.30. The molecule has 1 amide bonds. The topological polar surface area (TPSA) is 121 Å². The van der Waals surface area contributed by atoms with Crippen LogP contribution in [-0.4, -0.2) is 61.4 Å². The fourth-order valence-electron chi connectivity index (χ4n) is 4.38. The predicted molar refractivity (Wildman–Crippen MR) is 126 cm³/mol. The lowest BCUT2D eigenvalue weighted by Crippen LogP contribution is -2.33. The Balaban J connectivity index is 1.80. The van der Waals surface area contributed by atoms with Crippen molar-refractivity contribution in [1.82, 2.24) is 4.90 Å². The van der Waals surface area contributed by atoms with Crippen LogP contribution in [0, 0.1) is 5.92 Å². The first-order valence-electron chi connectivity index (χ1n) is 11.2. The van der Waals surface area contributed by atoms with Crippen molar-refractivity contribution < 1.29 is 33.0 Å². The molecular formula is C25H31NO7S. The van der Waals surface area contributed by atoms with Gasteiger partial charge in [-0.05, 0) is 67.0 Å². The van der Waals surface area contributed by atoms with Crippen LogP contribution in [0.25, 0.3) is 0 Å². The number of ether oxygens (including phenoxy) is 1. The Morgan fingerprint density at radius 1 is 1.15 bits per heavy atom. The lowest BCUT2D eigenvalue weighted by molar-refractivity contribution is -0.139. The maximum absolute atomic E-state index is 13.2. The Hall–Kier alpha value is -2.91. The Labute approximate surface area is 200 Å². The summed E-state index contributed by atoms with van der Waals surface area (Å²) >= 11 is 0. The SMILES string of the molecule is CN(C(=O)Cc1ccc(S(C)(=O)=O)cc1)[C@@H](CC1CC[C@H](O)C1)c1cccc(OCC(=O)O)c1. The van der Waals surface area contributed by atoms with Crippen molar-refractivity contribution in [2.24, 2.45) is 5.92 Å². The number of sulfone groups is 1. The molecule has 0 heterocycles. The van der Waals surface area contributed by atoms with Crippen LogP contribution >= 0.6 is 0 Å². The van der Waals surface area contributed by atoms with E-state index >= 15 is 0 Å². The minimum atomic E-state index is -3.31. The Kier molecular flexibility index (Phi) is 8.33. The number of carboxylic acid groups (broad SMARTS) is 1. The van der Waals surface area contributed by atoms with E-state index in [4.69, 9.17) is 9.84 Å². The number of amides is 1. The van der Waals surface area contributed by atoms with Crippen molar-refractivity contribution in [3.63, 3.8) is 0 Å². The quantitative estimate of drug-likeness (QED) is 0.526. The van der Waals surface area contributed by atoms with Crippen LogP contribution in [-0.2, 0) is 25.8 Å². The van der Waals surface area contributed by atoms with Gasteiger partial charge in [0.1, 0.15) is 5.75 Å². The van der Waals surface area contributed by atoms with E-state index in [0.717, 1.165) is 24.7 Å². The zero-order valence-electron chi connectivity index (χ0n) is 19.4. The Morgan fingerprint density at radius 3 is 2.44 bits per heavy atom. The molecule has 184 valence electrons. The molecule has 1 fully saturated rings. The van der Waals surface area contributed by atoms with E-state index in [1.165, 1.54) is 12.1 Å². The number of likely N-dealkylation sites (N-methyl/N-ethyl adjacent to an activating group) is 1. The molecule has 2 aromatic carbocycles. The lowest BCUT2D eigenvalue weighted by atomic mass is 9.92.